The highest BCUT2D eigenvalue weighted by molar-refractivity contribution is 5.92. The van der Waals surface area contributed by atoms with Crippen LogP contribution in [-0.2, 0) is 11.3 Å². The Balaban J connectivity index is 1.23. The molecule has 0 bridgehead atoms. The highest BCUT2D eigenvalue weighted by atomic mass is 16.5. The number of fused-ring (bicyclic) bond motifs is 1. The summed E-state index contributed by atoms with van der Waals surface area (Å²) < 4.78 is 17.5. The molecule has 2 aromatic carbocycles. The van der Waals surface area contributed by atoms with E-state index >= 15 is 0 Å². The largest absolute Gasteiger partial charge is 0.489 e. The van der Waals surface area contributed by atoms with Crippen LogP contribution in [0.2, 0.25) is 0 Å². The number of benzene rings is 2. The summed E-state index contributed by atoms with van der Waals surface area (Å²) in [5.41, 5.74) is 3.69. The van der Waals surface area contributed by atoms with E-state index < -0.39 is 0 Å². The van der Waals surface area contributed by atoms with Gasteiger partial charge in [-0.25, -0.2) is 9.97 Å². The standard InChI is InChI=1S/C27H32N6O3/c1-19-16-21(8-9-23(19)36-17-20-6-4-3-5-7-20)30-25-24-26(29-18-28-25)31-32-27(24)35-15-14-33-12-10-22(34-2)11-13-33/h3-9,16,18,22H,10-15,17H2,1-2H3,(H2,28,29,30,31,32). The van der Waals surface area contributed by atoms with Crippen LogP contribution in [0, 0.1) is 6.92 Å². The number of methoxy groups -OCH3 is 1. The van der Waals surface area contributed by atoms with Crippen LogP contribution in [0.5, 0.6) is 11.6 Å². The first-order valence-corrected chi connectivity index (χ1v) is 12.3. The van der Waals surface area contributed by atoms with Gasteiger partial charge in [-0.2, -0.15) is 0 Å². The molecule has 1 saturated heterocycles. The van der Waals surface area contributed by atoms with E-state index in [1.54, 1.807) is 7.11 Å². The Bertz CT molecular complexity index is 1270. The molecule has 1 fully saturated rings. The van der Waals surface area contributed by atoms with Crippen molar-refractivity contribution >= 4 is 22.5 Å². The maximum atomic E-state index is 6.06. The van der Waals surface area contributed by atoms with Crippen molar-refractivity contribution in [1.29, 1.82) is 0 Å². The number of aromatic nitrogens is 4. The number of piperidine rings is 1. The monoisotopic (exact) mass is 488 g/mol. The number of H-pyrrole nitrogens is 1. The van der Waals surface area contributed by atoms with Crippen molar-refractivity contribution in [2.24, 2.45) is 0 Å². The molecule has 188 valence electrons. The van der Waals surface area contributed by atoms with Crippen molar-refractivity contribution in [1.82, 2.24) is 25.1 Å². The van der Waals surface area contributed by atoms with E-state index in [1.165, 1.54) is 6.33 Å². The van der Waals surface area contributed by atoms with E-state index in [2.05, 4.69) is 42.5 Å². The van der Waals surface area contributed by atoms with Gasteiger partial charge >= 0.3 is 0 Å². The zero-order chi connectivity index (χ0) is 24.7. The molecule has 3 heterocycles. The number of likely N-dealkylation sites (tertiary alicyclic amines) is 1. The topological polar surface area (TPSA) is 97.4 Å². The SMILES string of the molecule is COC1CCN(CCOc2n[nH]c3ncnc(Nc4ccc(OCc5ccccc5)c(C)c4)c23)CC1. The predicted molar refractivity (Wildman–Crippen MR) is 139 cm³/mol. The molecule has 0 aliphatic carbocycles. The van der Waals surface area contributed by atoms with Gasteiger partial charge in [0, 0.05) is 32.4 Å². The Morgan fingerprint density at radius 1 is 1.06 bits per heavy atom. The number of nitrogens with zero attached hydrogens (tertiary/aromatic N) is 4. The third-order valence-electron chi connectivity index (χ3n) is 6.51. The van der Waals surface area contributed by atoms with Crippen molar-refractivity contribution in [3.8, 4) is 11.6 Å². The molecule has 5 rings (SSSR count). The maximum absolute atomic E-state index is 6.06. The number of nitrogens with one attached hydrogen (secondary N) is 2. The van der Waals surface area contributed by atoms with Gasteiger partial charge in [0.1, 0.15) is 36.5 Å². The van der Waals surface area contributed by atoms with Gasteiger partial charge in [0.05, 0.1) is 6.10 Å². The van der Waals surface area contributed by atoms with E-state index in [4.69, 9.17) is 14.2 Å². The number of hydrogen-bond acceptors (Lipinski definition) is 8. The normalized spacial score (nSPS) is 14.7. The van der Waals surface area contributed by atoms with Crippen LogP contribution >= 0.6 is 0 Å². The zero-order valence-electron chi connectivity index (χ0n) is 20.7. The van der Waals surface area contributed by atoms with Gasteiger partial charge in [-0.3, -0.25) is 10.00 Å². The minimum atomic E-state index is 0.372. The Morgan fingerprint density at radius 3 is 2.67 bits per heavy atom. The molecular formula is C27H32N6O3. The Kier molecular flexibility index (Phi) is 7.58. The van der Waals surface area contributed by atoms with Gasteiger partial charge in [-0.05, 0) is 49.1 Å². The Labute approximate surface area is 210 Å². The number of aromatic amines is 1. The third kappa shape index (κ3) is 5.75. The van der Waals surface area contributed by atoms with Crippen LogP contribution in [0.15, 0.2) is 54.9 Å². The first-order valence-electron chi connectivity index (χ1n) is 12.3. The summed E-state index contributed by atoms with van der Waals surface area (Å²) in [5.74, 6) is 1.99. The summed E-state index contributed by atoms with van der Waals surface area (Å²) in [7, 11) is 1.79. The number of ether oxygens (including phenoxy) is 3. The van der Waals surface area contributed by atoms with E-state index in [0.29, 0.717) is 36.7 Å². The number of anilines is 2. The molecule has 0 amide bonds. The predicted octanol–water partition coefficient (Wildman–Crippen LogP) is 4.47. The second-order valence-electron chi connectivity index (χ2n) is 8.98. The molecule has 0 atom stereocenters. The zero-order valence-corrected chi connectivity index (χ0v) is 20.7. The molecule has 9 nitrogen and oxygen atoms in total. The highest BCUT2D eigenvalue weighted by Gasteiger charge is 2.19. The fourth-order valence-electron chi connectivity index (χ4n) is 4.43. The smallest absolute Gasteiger partial charge is 0.246 e. The summed E-state index contributed by atoms with van der Waals surface area (Å²) >= 11 is 0. The maximum Gasteiger partial charge on any atom is 0.246 e. The molecule has 2 aromatic heterocycles. The van der Waals surface area contributed by atoms with E-state index in [-0.39, 0.29) is 0 Å². The van der Waals surface area contributed by atoms with Crippen LogP contribution in [0.1, 0.15) is 24.0 Å². The van der Waals surface area contributed by atoms with Gasteiger partial charge in [-0.15, -0.1) is 5.10 Å². The van der Waals surface area contributed by atoms with Crippen LogP contribution in [0.25, 0.3) is 11.0 Å². The summed E-state index contributed by atoms with van der Waals surface area (Å²) in [4.78, 5) is 11.2. The lowest BCUT2D eigenvalue weighted by Gasteiger charge is -2.30. The van der Waals surface area contributed by atoms with Crippen molar-refractivity contribution in [2.45, 2.75) is 32.5 Å². The summed E-state index contributed by atoms with van der Waals surface area (Å²) in [6, 6.07) is 16.1. The lowest BCUT2D eigenvalue weighted by molar-refractivity contribution is 0.0374. The van der Waals surface area contributed by atoms with E-state index in [9.17, 15) is 0 Å². The van der Waals surface area contributed by atoms with E-state index in [0.717, 1.165) is 60.4 Å². The summed E-state index contributed by atoms with van der Waals surface area (Å²) in [6.07, 6.45) is 3.99. The Morgan fingerprint density at radius 2 is 1.89 bits per heavy atom. The number of hydrogen-bond donors (Lipinski definition) is 2. The van der Waals surface area contributed by atoms with Gasteiger partial charge in [0.15, 0.2) is 5.65 Å². The van der Waals surface area contributed by atoms with Crippen LogP contribution in [-0.4, -0.2) is 64.5 Å². The summed E-state index contributed by atoms with van der Waals surface area (Å²) in [6.45, 7) is 5.97. The fraction of sp³-hybridized carbons (Fsp3) is 0.370. The van der Waals surface area contributed by atoms with Gasteiger partial charge in [-0.1, -0.05) is 30.3 Å². The molecule has 0 unspecified atom stereocenters. The Hall–Kier alpha value is -3.69. The quantitative estimate of drug-likeness (QED) is 0.337. The molecule has 1 aliphatic rings. The van der Waals surface area contributed by atoms with Gasteiger partial charge < -0.3 is 19.5 Å². The molecule has 0 spiro atoms. The highest BCUT2D eigenvalue weighted by Crippen LogP contribution is 2.31. The molecular weight excluding hydrogens is 456 g/mol. The van der Waals surface area contributed by atoms with Crippen LogP contribution in [0.3, 0.4) is 0 Å². The average molecular weight is 489 g/mol. The van der Waals surface area contributed by atoms with E-state index in [1.807, 2.05) is 43.3 Å². The molecule has 1 aliphatic heterocycles. The first-order chi connectivity index (χ1) is 17.7. The van der Waals surface area contributed by atoms with Crippen LogP contribution < -0.4 is 14.8 Å². The number of aryl methyl sites for hydroxylation is 1. The van der Waals surface area contributed by atoms with Crippen LogP contribution in [0.4, 0.5) is 11.5 Å². The first kappa shape index (κ1) is 24.0. The van der Waals surface area contributed by atoms with Gasteiger partial charge in [0.2, 0.25) is 5.88 Å². The molecule has 2 N–H and O–H groups in total. The third-order valence-corrected chi connectivity index (χ3v) is 6.51. The minimum absolute atomic E-state index is 0.372. The van der Waals surface area contributed by atoms with Crippen molar-refractivity contribution < 1.29 is 14.2 Å². The summed E-state index contributed by atoms with van der Waals surface area (Å²) in [5, 5.41) is 11.4. The number of rotatable bonds is 10. The average Bonchev–Trinajstić information content (AvgIpc) is 3.33. The molecule has 0 saturated carbocycles. The second-order valence-corrected chi connectivity index (χ2v) is 8.98. The molecule has 36 heavy (non-hydrogen) atoms. The van der Waals surface area contributed by atoms with Crippen molar-refractivity contribution in [3.63, 3.8) is 0 Å². The lowest BCUT2D eigenvalue weighted by Crippen LogP contribution is -2.38. The fourth-order valence-corrected chi connectivity index (χ4v) is 4.43. The second kappa shape index (κ2) is 11.4. The lowest BCUT2D eigenvalue weighted by atomic mass is 10.1. The van der Waals surface area contributed by atoms with Gasteiger partial charge in [0.25, 0.3) is 0 Å². The minimum Gasteiger partial charge on any atom is -0.489 e. The van der Waals surface area contributed by atoms with Crippen molar-refractivity contribution in [3.05, 3.63) is 66.0 Å². The van der Waals surface area contributed by atoms with Crippen molar-refractivity contribution in [2.75, 3.05) is 38.7 Å². The molecule has 4 aromatic rings. The molecule has 0 radical (unpaired) electrons. The molecule has 9 heteroatoms.